The Bertz CT molecular complexity index is 683. The van der Waals surface area contributed by atoms with Crippen molar-refractivity contribution in [3.8, 4) is 17.2 Å². The highest BCUT2D eigenvalue weighted by molar-refractivity contribution is 6.01. The molecule has 0 aliphatic carbocycles. The summed E-state index contributed by atoms with van der Waals surface area (Å²) in [5, 5.41) is 23.3. The van der Waals surface area contributed by atoms with E-state index in [9.17, 15) is 10.2 Å². The number of nitrogens with one attached hydrogen (secondary N) is 1. The van der Waals surface area contributed by atoms with Crippen LogP contribution in [0.25, 0.3) is 0 Å². The lowest BCUT2D eigenvalue weighted by molar-refractivity contribution is 0.372. The van der Waals surface area contributed by atoms with Crippen LogP contribution in [-0.4, -0.2) is 28.5 Å². The van der Waals surface area contributed by atoms with E-state index in [2.05, 4.69) is 10.5 Å². The zero-order chi connectivity index (χ0) is 14.8. The van der Waals surface area contributed by atoms with Crippen LogP contribution in [0.2, 0.25) is 0 Å². The van der Waals surface area contributed by atoms with E-state index in [0.717, 1.165) is 23.3 Å². The van der Waals surface area contributed by atoms with Crippen LogP contribution in [0.5, 0.6) is 17.2 Å². The normalized spacial score (nSPS) is 16.4. The summed E-state index contributed by atoms with van der Waals surface area (Å²) < 4.78 is 5.13. The fourth-order valence-electron chi connectivity index (χ4n) is 2.38. The van der Waals surface area contributed by atoms with Gasteiger partial charge in [-0.05, 0) is 47.5 Å². The van der Waals surface area contributed by atoms with Crippen LogP contribution in [-0.2, 0) is 0 Å². The summed E-state index contributed by atoms with van der Waals surface area (Å²) in [5.74, 6) is 0.816. The third-order valence-electron chi connectivity index (χ3n) is 3.56. The highest BCUT2D eigenvalue weighted by atomic mass is 16.5. The maximum Gasteiger partial charge on any atom is 0.160 e. The molecule has 2 aromatic rings. The number of methoxy groups -OCH3 is 1. The molecule has 0 unspecified atom stereocenters. The lowest BCUT2D eigenvalue weighted by Gasteiger charge is -2.12. The second-order valence-electron chi connectivity index (χ2n) is 4.92. The lowest BCUT2D eigenvalue weighted by atomic mass is 9.99. The van der Waals surface area contributed by atoms with Crippen molar-refractivity contribution in [1.82, 2.24) is 5.43 Å². The second-order valence-corrected chi connectivity index (χ2v) is 4.92. The van der Waals surface area contributed by atoms with Gasteiger partial charge in [0, 0.05) is 6.42 Å². The van der Waals surface area contributed by atoms with Crippen LogP contribution < -0.4 is 10.2 Å². The van der Waals surface area contributed by atoms with E-state index in [0.29, 0.717) is 5.75 Å². The molecule has 1 heterocycles. The summed E-state index contributed by atoms with van der Waals surface area (Å²) in [7, 11) is 1.53. The van der Waals surface area contributed by atoms with Gasteiger partial charge in [0.15, 0.2) is 11.5 Å². The molecule has 6 nitrogen and oxygen atoms in total. The molecule has 5 N–H and O–H groups in total. The fraction of sp³-hybridized carbons (Fsp3) is 0.188. The predicted molar refractivity (Wildman–Crippen MR) is 83.4 cm³/mol. The van der Waals surface area contributed by atoms with E-state index in [4.69, 9.17) is 4.74 Å². The van der Waals surface area contributed by atoms with Gasteiger partial charge in [-0.2, -0.15) is 5.10 Å². The van der Waals surface area contributed by atoms with Crippen molar-refractivity contribution >= 4 is 5.71 Å². The first-order valence-electron chi connectivity index (χ1n) is 6.66. The molecule has 2 aromatic carbocycles. The molecular formula is C16H18N2O4. The van der Waals surface area contributed by atoms with Gasteiger partial charge in [0.05, 0.1) is 18.9 Å². The standard InChI is InChI=1S/C16H16N2O3.H2O/c1-21-16-8-11(4-7-15(16)20)14-9-13(17-18-14)10-2-5-12(19)6-3-10;/h2-8,14,18-20H,9H2,1H3;1H2/t14-;/m1./s1. The largest absolute Gasteiger partial charge is 0.508 e. The summed E-state index contributed by atoms with van der Waals surface area (Å²) in [6, 6.07) is 12.3. The molecule has 22 heavy (non-hydrogen) atoms. The summed E-state index contributed by atoms with van der Waals surface area (Å²) >= 11 is 0. The van der Waals surface area contributed by atoms with Crippen molar-refractivity contribution in [2.75, 3.05) is 7.11 Å². The lowest BCUT2D eigenvalue weighted by Crippen LogP contribution is -2.10. The van der Waals surface area contributed by atoms with E-state index in [1.807, 2.05) is 24.3 Å². The van der Waals surface area contributed by atoms with Gasteiger partial charge in [-0.1, -0.05) is 6.07 Å². The average molecular weight is 302 g/mol. The first kappa shape index (κ1) is 15.7. The predicted octanol–water partition coefficient (Wildman–Crippen LogP) is 1.72. The van der Waals surface area contributed by atoms with E-state index < -0.39 is 0 Å². The molecule has 0 saturated carbocycles. The molecule has 0 amide bonds. The number of phenols is 2. The van der Waals surface area contributed by atoms with Gasteiger partial charge >= 0.3 is 0 Å². The summed E-state index contributed by atoms with van der Waals surface area (Å²) in [5.41, 5.74) is 6.01. The number of hydrogen-bond acceptors (Lipinski definition) is 5. The van der Waals surface area contributed by atoms with Gasteiger partial charge < -0.3 is 25.9 Å². The molecule has 0 saturated heterocycles. The monoisotopic (exact) mass is 302 g/mol. The van der Waals surface area contributed by atoms with Gasteiger partial charge in [-0.25, -0.2) is 0 Å². The van der Waals surface area contributed by atoms with Crippen LogP contribution >= 0.6 is 0 Å². The molecule has 0 bridgehead atoms. The third-order valence-corrected chi connectivity index (χ3v) is 3.56. The van der Waals surface area contributed by atoms with Crippen molar-refractivity contribution in [3.63, 3.8) is 0 Å². The number of benzene rings is 2. The molecular weight excluding hydrogens is 284 g/mol. The number of phenolic OH excluding ortho intramolecular Hbond substituents is 2. The van der Waals surface area contributed by atoms with E-state index in [-0.39, 0.29) is 23.0 Å². The minimum absolute atomic E-state index is 0. The molecule has 1 aliphatic heterocycles. The van der Waals surface area contributed by atoms with E-state index in [1.165, 1.54) is 7.11 Å². The van der Waals surface area contributed by atoms with E-state index in [1.54, 1.807) is 18.2 Å². The summed E-state index contributed by atoms with van der Waals surface area (Å²) in [6.45, 7) is 0. The Kier molecular flexibility index (Phi) is 4.53. The molecule has 1 aliphatic rings. The molecule has 1 atom stereocenters. The summed E-state index contributed by atoms with van der Waals surface area (Å²) in [6.07, 6.45) is 0.735. The first-order valence-corrected chi connectivity index (χ1v) is 6.66. The molecule has 6 heteroatoms. The Balaban J connectivity index is 0.00000176. The fourth-order valence-corrected chi connectivity index (χ4v) is 2.38. The van der Waals surface area contributed by atoms with Crippen molar-refractivity contribution in [1.29, 1.82) is 0 Å². The summed E-state index contributed by atoms with van der Waals surface area (Å²) in [4.78, 5) is 0. The Morgan fingerprint density at radius 2 is 1.86 bits per heavy atom. The molecule has 0 fully saturated rings. The van der Waals surface area contributed by atoms with Crippen LogP contribution in [0, 0.1) is 0 Å². The number of ether oxygens (including phenoxy) is 1. The van der Waals surface area contributed by atoms with Gasteiger partial charge in [-0.3, -0.25) is 0 Å². The minimum atomic E-state index is 0. The Morgan fingerprint density at radius 3 is 2.55 bits per heavy atom. The van der Waals surface area contributed by atoms with Crippen LogP contribution in [0.3, 0.4) is 0 Å². The number of nitrogens with zero attached hydrogens (tertiary/aromatic N) is 1. The van der Waals surface area contributed by atoms with Crippen molar-refractivity contribution in [3.05, 3.63) is 53.6 Å². The SMILES string of the molecule is COc1cc([C@H]2CC(c3ccc(O)cc3)=NN2)ccc1O.O. The van der Waals surface area contributed by atoms with E-state index >= 15 is 0 Å². The number of aromatic hydroxyl groups is 2. The topological polar surface area (TPSA) is 106 Å². The first-order chi connectivity index (χ1) is 10.2. The molecule has 116 valence electrons. The van der Waals surface area contributed by atoms with Gasteiger partial charge in [-0.15, -0.1) is 0 Å². The molecule has 0 spiro atoms. The average Bonchev–Trinajstić information content (AvgIpc) is 2.98. The Morgan fingerprint density at radius 1 is 1.14 bits per heavy atom. The Hall–Kier alpha value is -2.73. The smallest absolute Gasteiger partial charge is 0.160 e. The zero-order valence-electron chi connectivity index (χ0n) is 12.1. The third kappa shape index (κ3) is 2.96. The molecule has 0 radical (unpaired) electrons. The highest BCUT2D eigenvalue weighted by Crippen LogP contribution is 2.32. The minimum Gasteiger partial charge on any atom is -0.508 e. The maximum atomic E-state index is 9.64. The van der Waals surface area contributed by atoms with Gasteiger partial charge in [0.1, 0.15) is 5.75 Å². The number of hydrogen-bond donors (Lipinski definition) is 3. The van der Waals surface area contributed by atoms with Crippen molar-refractivity contribution in [2.24, 2.45) is 5.10 Å². The second kappa shape index (κ2) is 6.36. The zero-order valence-corrected chi connectivity index (χ0v) is 12.1. The van der Waals surface area contributed by atoms with Gasteiger partial charge in [0.25, 0.3) is 0 Å². The van der Waals surface area contributed by atoms with Crippen LogP contribution in [0.15, 0.2) is 47.6 Å². The van der Waals surface area contributed by atoms with Crippen LogP contribution in [0.4, 0.5) is 0 Å². The quantitative estimate of drug-likeness (QED) is 0.802. The van der Waals surface area contributed by atoms with Crippen molar-refractivity contribution < 1.29 is 20.4 Å². The maximum absolute atomic E-state index is 9.64. The van der Waals surface area contributed by atoms with Gasteiger partial charge in [0.2, 0.25) is 0 Å². The Labute approximate surface area is 128 Å². The molecule has 0 aromatic heterocycles. The molecule has 3 rings (SSSR count). The van der Waals surface area contributed by atoms with Crippen molar-refractivity contribution in [2.45, 2.75) is 12.5 Å². The number of hydrazone groups is 1. The van der Waals surface area contributed by atoms with Crippen LogP contribution in [0.1, 0.15) is 23.6 Å². The highest BCUT2D eigenvalue weighted by Gasteiger charge is 2.22. The number of rotatable bonds is 3.